The minimum Gasteiger partial charge on any atom is -0.463 e. The minimum absolute atomic E-state index is 0.0951. The molecule has 21 heavy (non-hydrogen) atoms. The fourth-order valence-corrected chi connectivity index (χ4v) is 2.01. The van der Waals surface area contributed by atoms with Gasteiger partial charge in [0, 0.05) is 0 Å². The van der Waals surface area contributed by atoms with Crippen LogP contribution in [0.4, 0.5) is 17.6 Å². The van der Waals surface area contributed by atoms with E-state index in [0.29, 0.717) is 25.0 Å². The molecule has 0 unspecified atom stereocenters. The maximum Gasteiger partial charge on any atom is 0.573 e. The highest BCUT2D eigenvalue weighted by atomic mass is 19.4. The molecule has 1 aromatic rings. The molecule has 0 fully saturated rings. The van der Waals surface area contributed by atoms with Crippen molar-refractivity contribution in [1.82, 2.24) is 0 Å². The van der Waals surface area contributed by atoms with Crippen molar-refractivity contribution in [2.75, 3.05) is 6.61 Å². The summed E-state index contributed by atoms with van der Waals surface area (Å²) in [7, 11) is 0. The number of aryl methyl sites for hydroxylation is 1. The summed E-state index contributed by atoms with van der Waals surface area (Å²) in [4.78, 5) is 4.12. The molecule has 2 N–H and O–H groups in total. The maximum absolute atomic E-state index is 13.3. The van der Waals surface area contributed by atoms with Gasteiger partial charge in [0.05, 0.1) is 5.54 Å². The molecule has 1 heterocycles. The summed E-state index contributed by atoms with van der Waals surface area (Å²) in [5.41, 5.74) is 5.41. The van der Waals surface area contributed by atoms with Crippen molar-refractivity contribution < 1.29 is 27.0 Å². The summed E-state index contributed by atoms with van der Waals surface area (Å²) in [6, 6.07) is 3.49. The highest BCUT2D eigenvalue weighted by Crippen LogP contribution is 2.28. The SMILES string of the molecule is C[C@@]1(CCc2ccc(F)c(OC(F)(F)F)c2)COC(N)=N1. The van der Waals surface area contributed by atoms with Gasteiger partial charge in [-0.05, 0) is 37.5 Å². The molecule has 0 saturated heterocycles. The van der Waals surface area contributed by atoms with Crippen LogP contribution in [0.3, 0.4) is 0 Å². The van der Waals surface area contributed by atoms with Crippen LogP contribution < -0.4 is 10.5 Å². The van der Waals surface area contributed by atoms with Crippen molar-refractivity contribution in [3.63, 3.8) is 0 Å². The lowest BCUT2D eigenvalue weighted by atomic mass is 9.95. The first-order valence-corrected chi connectivity index (χ1v) is 6.19. The van der Waals surface area contributed by atoms with Gasteiger partial charge in [0.15, 0.2) is 11.6 Å². The van der Waals surface area contributed by atoms with Gasteiger partial charge in [-0.25, -0.2) is 9.38 Å². The zero-order valence-corrected chi connectivity index (χ0v) is 11.2. The number of amidine groups is 1. The van der Waals surface area contributed by atoms with E-state index in [0.717, 1.165) is 12.1 Å². The Morgan fingerprint density at radius 3 is 2.71 bits per heavy atom. The van der Waals surface area contributed by atoms with Gasteiger partial charge in [0.2, 0.25) is 0 Å². The maximum atomic E-state index is 13.3. The molecule has 0 bridgehead atoms. The first kappa shape index (κ1) is 15.4. The predicted molar refractivity (Wildman–Crippen MR) is 67.4 cm³/mol. The number of nitrogens with zero attached hydrogens (tertiary/aromatic N) is 1. The number of alkyl halides is 3. The molecular formula is C13H14F4N2O2. The Hall–Kier alpha value is -1.99. The molecule has 116 valence electrons. The molecule has 0 saturated carbocycles. The molecule has 0 spiro atoms. The van der Waals surface area contributed by atoms with E-state index in [1.807, 2.05) is 6.92 Å². The van der Waals surface area contributed by atoms with Crippen molar-refractivity contribution in [3.05, 3.63) is 29.6 Å². The molecule has 4 nitrogen and oxygen atoms in total. The first-order chi connectivity index (χ1) is 9.67. The van der Waals surface area contributed by atoms with Gasteiger partial charge in [-0.3, -0.25) is 0 Å². The quantitative estimate of drug-likeness (QED) is 0.870. The largest absolute Gasteiger partial charge is 0.573 e. The van der Waals surface area contributed by atoms with Crippen molar-refractivity contribution in [3.8, 4) is 5.75 Å². The van der Waals surface area contributed by atoms with Crippen molar-refractivity contribution >= 4 is 6.02 Å². The van der Waals surface area contributed by atoms with E-state index >= 15 is 0 Å². The third-order valence-corrected chi connectivity index (χ3v) is 3.08. The Morgan fingerprint density at radius 1 is 1.43 bits per heavy atom. The summed E-state index contributed by atoms with van der Waals surface area (Å²) < 4.78 is 58.4. The summed E-state index contributed by atoms with van der Waals surface area (Å²) in [6.45, 7) is 2.13. The molecule has 1 aromatic carbocycles. The van der Waals surface area contributed by atoms with E-state index in [4.69, 9.17) is 10.5 Å². The third-order valence-electron chi connectivity index (χ3n) is 3.08. The van der Waals surface area contributed by atoms with Gasteiger partial charge in [-0.2, -0.15) is 0 Å². The predicted octanol–water partition coefficient (Wildman–Crippen LogP) is 2.76. The minimum atomic E-state index is -4.93. The van der Waals surface area contributed by atoms with Crippen LogP contribution in [0.2, 0.25) is 0 Å². The Labute approximate surface area is 118 Å². The molecule has 1 aliphatic heterocycles. The van der Waals surface area contributed by atoms with Crippen molar-refractivity contribution in [2.45, 2.75) is 31.7 Å². The monoisotopic (exact) mass is 306 g/mol. The van der Waals surface area contributed by atoms with Crippen LogP contribution in [-0.4, -0.2) is 24.5 Å². The summed E-state index contributed by atoms with van der Waals surface area (Å²) in [5.74, 6) is -1.90. The van der Waals surface area contributed by atoms with Crippen LogP contribution in [0.1, 0.15) is 18.9 Å². The number of rotatable bonds is 4. The summed E-state index contributed by atoms with van der Waals surface area (Å²) in [5, 5.41) is 0. The van der Waals surface area contributed by atoms with E-state index in [1.54, 1.807) is 0 Å². The van der Waals surface area contributed by atoms with Crippen LogP contribution in [0.15, 0.2) is 23.2 Å². The van der Waals surface area contributed by atoms with Gasteiger partial charge in [-0.1, -0.05) is 6.07 Å². The van der Waals surface area contributed by atoms with E-state index in [9.17, 15) is 17.6 Å². The van der Waals surface area contributed by atoms with Gasteiger partial charge >= 0.3 is 6.36 Å². The van der Waals surface area contributed by atoms with Gasteiger partial charge in [0.1, 0.15) is 6.61 Å². The Bertz CT molecular complexity index is 560. The molecule has 0 amide bonds. The van der Waals surface area contributed by atoms with Crippen LogP contribution in [0.25, 0.3) is 0 Å². The highest BCUT2D eigenvalue weighted by Gasteiger charge is 2.33. The third kappa shape index (κ3) is 4.24. The molecular weight excluding hydrogens is 292 g/mol. The van der Waals surface area contributed by atoms with E-state index in [-0.39, 0.29) is 6.02 Å². The van der Waals surface area contributed by atoms with Crippen LogP contribution in [-0.2, 0) is 11.2 Å². The van der Waals surface area contributed by atoms with Crippen molar-refractivity contribution in [1.29, 1.82) is 0 Å². The number of ether oxygens (including phenoxy) is 2. The van der Waals surface area contributed by atoms with Crippen molar-refractivity contribution in [2.24, 2.45) is 10.7 Å². The highest BCUT2D eigenvalue weighted by molar-refractivity contribution is 5.73. The molecule has 0 radical (unpaired) electrons. The molecule has 2 rings (SSSR count). The average Bonchev–Trinajstić information content (AvgIpc) is 2.69. The second-order valence-corrected chi connectivity index (χ2v) is 5.05. The molecule has 0 aromatic heterocycles. The molecule has 1 atom stereocenters. The molecule has 8 heteroatoms. The lowest BCUT2D eigenvalue weighted by Crippen LogP contribution is -2.24. The second kappa shape index (κ2) is 5.42. The normalized spacial score (nSPS) is 21.9. The van der Waals surface area contributed by atoms with Gasteiger partial charge < -0.3 is 15.2 Å². The number of nitrogens with two attached hydrogens (primary N) is 1. The van der Waals surface area contributed by atoms with Gasteiger partial charge in [0.25, 0.3) is 6.02 Å². The fraction of sp³-hybridized carbons (Fsp3) is 0.462. The van der Waals surface area contributed by atoms with Crippen LogP contribution in [0.5, 0.6) is 5.75 Å². The zero-order chi connectivity index (χ0) is 15.7. The second-order valence-electron chi connectivity index (χ2n) is 5.05. The Kier molecular flexibility index (Phi) is 3.97. The first-order valence-electron chi connectivity index (χ1n) is 6.19. The summed E-state index contributed by atoms with van der Waals surface area (Å²) >= 11 is 0. The number of hydrogen-bond donors (Lipinski definition) is 1. The molecule has 0 aliphatic carbocycles. The number of benzene rings is 1. The topological polar surface area (TPSA) is 56.8 Å². The standard InChI is InChI=1S/C13H14F4N2O2/c1-12(7-20-11(18)19-12)5-4-8-2-3-9(14)10(6-8)21-13(15,16)17/h2-3,6H,4-5,7H2,1H3,(H2,18,19)/t12-/m1/s1. The van der Waals surface area contributed by atoms with E-state index in [1.165, 1.54) is 6.07 Å². The summed E-state index contributed by atoms with van der Waals surface area (Å²) in [6.07, 6.45) is -4.03. The lowest BCUT2D eigenvalue weighted by Gasteiger charge is -2.18. The lowest BCUT2D eigenvalue weighted by molar-refractivity contribution is -0.275. The fourth-order valence-electron chi connectivity index (χ4n) is 2.01. The Balaban J connectivity index is 2.06. The number of hydrogen-bond acceptors (Lipinski definition) is 4. The zero-order valence-electron chi connectivity index (χ0n) is 11.2. The smallest absolute Gasteiger partial charge is 0.463 e. The number of aliphatic imine (C=N–C) groups is 1. The van der Waals surface area contributed by atoms with Gasteiger partial charge in [-0.15, -0.1) is 13.2 Å². The Morgan fingerprint density at radius 2 is 2.14 bits per heavy atom. The van der Waals surface area contributed by atoms with Crippen LogP contribution >= 0.6 is 0 Å². The van der Waals surface area contributed by atoms with E-state index in [2.05, 4.69) is 9.73 Å². The average molecular weight is 306 g/mol. The molecule has 1 aliphatic rings. The number of halogens is 4. The van der Waals surface area contributed by atoms with Crippen LogP contribution in [0, 0.1) is 5.82 Å². The van der Waals surface area contributed by atoms with E-state index < -0.39 is 23.5 Å².